The van der Waals surface area contributed by atoms with Crippen molar-refractivity contribution < 1.29 is 19.1 Å². The number of carbonyl (C=O) groups is 2. The molecule has 5 heteroatoms. The van der Waals surface area contributed by atoms with Gasteiger partial charge in [0.15, 0.2) is 17.3 Å². The number of nitrogens with one attached hydrogen (secondary N) is 1. The highest BCUT2D eigenvalue weighted by Crippen LogP contribution is 2.51. The van der Waals surface area contributed by atoms with Gasteiger partial charge in [0.05, 0.1) is 18.7 Å². The van der Waals surface area contributed by atoms with E-state index in [1.807, 2.05) is 55.5 Å². The Bertz CT molecular complexity index is 1910. The zero-order chi connectivity index (χ0) is 29.5. The fraction of sp³-hybridized carbons (Fsp3) is 0.158. The smallest absolute Gasteiger partial charge is 0.343 e. The van der Waals surface area contributed by atoms with E-state index in [0.29, 0.717) is 23.5 Å². The molecule has 0 fully saturated rings. The van der Waals surface area contributed by atoms with Gasteiger partial charge in [0.1, 0.15) is 0 Å². The molecule has 0 saturated carbocycles. The fourth-order valence-corrected chi connectivity index (χ4v) is 6.45. The summed E-state index contributed by atoms with van der Waals surface area (Å²) >= 11 is 0. The van der Waals surface area contributed by atoms with Gasteiger partial charge in [0.2, 0.25) is 0 Å². The van der Waals surface area contributed by atoms with Gasteiger partial charge in [-0.1, -0.05) is 84.4 Å². The molecule has 0 saturated heterocycles. The minimum absolute atomic E-state index is 0.108. The van der Waals surface area contributed by atoms with Crippen LogP contribution in [0.25, 0.3) is 16.3 Å². The highest BCUT2D eigenvalue weighted by molar-refractivity contribution is 6.13. The third kappa shape index (κ3) is 4.87. The number of hydrogen-bond acceptors (Lipinski definition) is 5. The number of carbonyl (C=O) groups excluding carboxylic acids is 2. The van der Waals surface area contributed by atoms with Crippen LogP contribution in [0, 0.1) is 6.92 Å². The van der Waals surface area contributed by atoms with E-state index < -0.39 is 5.97 Å². The first-order valence-electron chi connectivity index (χ1n) is 14.6. The van der Waals surface area contributed by atoms with Crippen molar-refractivity contribution in [3.63, 3.8) is 0 Å². The Morgan fingerprint density at radius 2 is 1.56 bits per heavy atom. The molecule has 1 heterocycles. The molecule has 0 radical (unpaired) electrons. The standard InChI is InChI=1S/C38H31NO4/c1-23-12-14-26(15-13-23)38(41)43-33-19-17-27(22-34(33)42-2)37-36-30(20-28(21-32(36)40)24-8-4-3-5-9-24)35-29-11-7-6-10-25(29)16-18-31(35)39-37/h3-19,22,28,37,39H,20-21H2,1-2H3. The fourth-order valence-electron chi connectivity index (χ4n) is 6.45. The van der Waals surface area contributed by atoms with Crippen molar-refractivity contribution in [2.45, 2.75) is 31.7 Å². The van der Waals surface area contributed by atoms with Gasteiger partial charge in [-0.25, -0.2) is 4.79 Å². The molecule has 0 amide bonds. The molecular weight excluding hydrogens is 534 g/mol. The average Bonchev–Trinajstić information content (AvgIpc) is 3.04. The van der Waals surface area contributed by atoms with E-state index in [9.17, 15) is 9.59 Å². The van der Waals surface area contributed by atoms with Crippen LogP contribution in [0.4, 0.5) is 5.69 Å². The maximum atomic E-state index is 14.1. The zero-order valence-corrected chi connectivity index (χ0v) is 24.1. The second kappa shape index (κ2) is 10.9. The topological polar surface area (TPSA) is 64.6 Å². The number of methoxy groups -OCH3 is 1. The molecule has 0 bridgehead atoms. The minimum Gasteiger partial charge on any atom is -0.493 e. The summed E-state index contributed by atoms with van der Waals surface area (Å²) in [6, 6.07) is 35.3. The van der Waals surface area contributed by atoms with Crippen molar-refractivity contribution in [3.05, 3.63) is 143 Å². The monoisotopic (exact) mass is 565 g/mol. The summed E-state index contributed by atoms with van der Waals surface area (Å²) in [6.45, 7) is 1.97. The second-order valence-electron chi connectivity index (χ2n) is 11.3. The number of aryl methyl sites for hydroxylation is 1. The van der Waals surface area contributed by atoms with Crippen LogP contribution in [0.2, 0.25) is 0 Å². The first-order valence-corrected chi connectivity index (χ1v) is 14.6. The van der Waals surface area contributed by atoms with Gasteiger partial charge >= 0.3 is 5.97 Å². The van der Waals surface area contributed by atoms with Gasteiger partial charge < -0.3 is 14.8 Å². The Morgan fingerprint density at radius 3 is 2.35 bits per heavy atom. The highest BCUT2D eigenvalue weighted by atomic mass is 16.6. The molecule has 2 aliphatic rings. The van der Waals surface area contributed by atoms with Crippen LogP contribution in [-0.2, 0) is 4.79 Å². The van der Waals surface area contributed by atoms with Gasteiger partial charge in [-0.15, -0.1) is 0 Å². The molecule has 5 aromatic rings. The van der Waals surface area contributed by atoms with Crippen LogP contribution >= 0.6 is 0 Å². The van der Waals surface area contributed by atoms with Gasteiger partial charge in [0.25, 0.3) is 0 Å². The first kappa shape index (κ1) is 26.7. The largest absolute Gasteiger partial charge is 0.493 e. The van der Waals surface area contributed by atoms with Crippen LogP contribution in [0.5, 0.6) is 11.5 Å². The molecule has 212 valence electrons. The van der Waals surface area contributed by atoms with E-state index in [1.54, 1.807) is 25.3 Å². The molecule has 1 N–H and O–H groups in total. The molecule has 7 rings (SSSR count). The summed E-state index contributed by atoms with van der Waals surface area (Å²) in [6.07, 6.45) is 1.22. The molecule has 5 aromatic carbocycles. The van der Waals surface area contributed by atoms with E-state index in [2.05, 4.69) is 47.8 Å². The maximum absolute atomic E-state index is 14.1. The quantitative estimate of drug-likeness (QED) is 0.171. The number of hydrogen-bond donors (Lipinski definition) is 1. The summed E-state index contributed by atoms with van der Waals surface area (Å²) in [7, 11) is 1.55. The maximum Gasteiger partial charge on any atom is 0.343 e. The molecular formula is C38H31NO4. The lowest BCUT2D eigenvalue weighted by Crippen LogP contribution is -2.29. The molecule has 2 atom stereocenters. The number of Topliss-reactive ketones (excluding diaryl/α,β-unsaturated/α-hetero) is 1. The lowest BCUT2D eigenvalue weighted by molar-refractivity contribution is -0.116. The van der Waals surface area contributed by atoms with Crippen LogP contribution in [0.15, 0.2) is 115 Å². The van der Waals surface area contributed by atoms with E-state index in [-0.39, 0.29) is 17.7 Å². The number of anilines is 1. The number of esters is 1. The van der Waals surface area contributed by atoms with Gasteiger partial charge in [-0.05, 0) is 77.1 Å². The molecule has 1 aliphatic carbocycles. The molecule has 1 aliphatic heterocycles. The van der Waals surface area contributed by atoms with E-state index in [1.165, 1.54) is 5.56 Å². The first-order chi connectivity index (χ1) is 21.0. The molecule has 0 aromatic heterocycles. The summed E-state index contributed by atoms with van der Waals surface area (Å²) in [5.41, 5.74) is 7.56. The number of ketones is 1. The van der Waals surface area contributed by atoms with Crippen LogP contribution in [0.3, 0.4) is 0 Å². The van der Waals surface area contributed by atoms with Crippen LogP contribution < -0.4 is 14.8 Å². The van der Waals surface area contributed by atoms with Crippen LogP contribution in [0.1, 0.15) is 57.4 Å². The second-order valence-corrected chi connectivity index (χ2v) is 11.3. The van der Waals surface area contributed by atoms with Gasteiger partial charge in [0, 0.05) is 23.2 Å². The average molecular weight is 566 g/mol. The Labute approximate surface area is 250 Å². The van der Waals surface area contributed by atoms with Crippen molar-refractivity contribution in [2.24, 2.45) is 0 Å². The van der Waals surface area contributed by atoms with Crippen molar-refractivity contribution in [1.29, 1.82) is 0 Å². The summed E-state index contributed by atoms with van der Waals surface area (Å²) in [4.78, 5) is 27.0. The lowest BCUT2D eigenvalue weighted by atomic mass is 9.71. The van der Waals surface area contributed by atoms with Gasteiger partial charge in [-0.2, -0.15) is 0 Å². The summed E-state index contributed by atoms with van der Waals surface area (Å²) in [5.74, 6) is 0.544. The van der Waals surface area contributed by atoms with Crippen LogP contribution in [-0.4, -0.2) is 18.9 Å². The summed E-state index contributed by atoms with van der Waals surface area (Å²) < 4.78 is 11.4. The molecule has 5 nitrogen and oxygen atoms in total. The number of rotatable bonds is 5. The predicted molar refractivity (Wildman–Crippen MR) is 170 cm³/mol. The third-order valence-electron chi connectivity index (χ3n) is 8.61. The van der Waals surface area contributed by atoms with Crippen molar-refractivity contribution in [1.82, 2.24) is 0 Å². The van der Waals surface area contributed by atoms with Crippen molar-refractivity contribution in [2.75, 3.05) is 12.4 Å². The number of fused-ring (bicyclic) bond motifs is 4. The Morgan fingerprint density at radius 1 is 0.791 bits per heavy atom. The van der Waals surface area contributed by atoms with Gasteiger partial charge in [-0.3, -0.25) is 4.79 Å². The van der Waals surface area contributed by atoms with E-state index in [0.717, 1.165) is 50.7 Å². The third-order valence-corrected chi connectivity index (χ3v) is 8.61. The number of ether oxygens (including phenoxy) is 2. The number of allylic oxidation sites excluding steroid dienone is 1. The SMILES string of the molecule is COc1cc(C2Nc3ccc4ccccc4c3C3=C2C(=O)CC(c2ccccc2)C3)ccc1OC(=O)c1ccc(C)cc1. The van der Waals surface area contributed by atoms with E-state index in [4.69, 9.17) is 9.47 Å². The Balaban J connectivity index is 1.31. The minimum atomic E-state index is -0.456. The Hall–Kier alpha value is -5.16. The molecule has 43 heavy (non-hydrogen) atoms. The lowest BCUT2D eigenvalue weighted by Gasteiger charge is -2.37. The predicted octanol–water partition coefficient (Wildman–Crippen LogP) is 8.44. The Kier molecular flexibility index (Phi) is 6.78. The zero-order valence-electron chi connectivity index (χ0n) is 24.1. The van der Waals surface area contributed by atoms with E-state index >= 15 is 0 Å². The highest BCUT2D eigenvalue weighted by Gasteiger charge is 2.38. The number of benzene rings is 5. The summed E-state index contributed by atoms with van der Waals surface area (Å²) in [5, 5.41) is 5.97. The van der Waals surface area contributed by atoms with Crippen molar-refractivity contribution in [3.8, 4) is 11.5 Å². The molecule has 2 unspecified atom stereocenters. The van der Waals surface area contributed by atoms with Crippen molar-refractivity contribution >= 4 is 33.8 Å². The normalized spacial score (nSPS) is 17.6. The molecule has 0 spiro atoms.